The molecule has 1 aliphatic rings. The molecular formula is C17H19N7O. The van der Waals surface area contributed by atoms with Crippen LogP contribution in [0.25, 0.3) is 5.69 Å². The van der Waals surface area contributed by atoms with Crippen molar-refractivity contribution in [3.8, 4) is 5.69 Å². The Labute approximate surface area is 145 Å². The average molecular weight is 337 g/mol. The molecule has 1 atom stereocenters. The van der Waals surface area contributed by atoms with Gasteiger partial charge in [-0.05, 0) is 54.0 Å². The van der Waals surface area contributed by atoms with Crippen molar-refractivity contribution in [1.29, 1.82) is 0 Å². The van der Waals surface area contributed by atoms with Crippen LogP contribution in [0, 0.1) is 6.92 Å². The Kier molecular flexibility index (Phi) is 3.79. The number of aromatic nitrogens is 6. The Hall–Kier alpha value is -3.03. The molecule has 25 heavy (non-hydrogen) atoms. The molecule has 3 aromatic rings. The zero-order valence-corrected chi connectivity index (χ0v) is 14.2. The Morgan fingerprint density at radius 3 is 2.88 bits per heavy atom. The van der Waals surface area contributed by atoms with Gasteiger partial charge in [-0.25, -0.2) is 4.68 Å². The minimum Gasteiger partial charge on any atom is -0.331 e. The molecule has 0 N–H and O–H groups in total. The number of likely N-dealkylation sites (tertiary alicyclic amines) is 1. The fourth-order valence-electron chi connectivity index (χ4n) is 3.45. The highest BCUT2D eigenvalue weighted by Crippen LogP contribution is 2.33. The van der Waals surface area contributed by atoms with Gasteiger partial charge in [0.05, 0.1) is 17.9 Å². The normalized spacial score (nSPS) is 17.2. The molecule has 1 amide bonds. The van der Waals surface area contributed by atoms with Gasteiger partial charge >= 0.3 is 0 Å². The maximum atomic E-state index is 13.0. The minimum atomic E-state index is 0.0534. The van der Waals surface area contributed by atoms with E-state index in [0.29, 0.717) is 5.56 Å². The van der Waals surface area contributed by atoms with Gasteiger partial charge in [-0.3, -0.25) is 9.48 Å². The van der Waals surface area contributed by atoms with Crippen LogP contribution in [0.3, 0.4) is 0 Å². The number of hydrogen-bond donors (Lipinski definition) is 0. The quantitative estimate of drug-likeness (QED) is 0.726. The Morgan fingerprint density at radius 1 is 1.32 bits per heavy atom. The van der Waals surface area contributed by atoms with Crippen LogP contribution in [-0.2, 0) is 7.05 Å². The van der Waals surface area contributed by atoms with Gasteiger partial charge in [-0.2, -0.15) is 5.10 Å². The molecule has 1 fully saturated rings. The first-order valence-corrected chi connectivity index (χ1v) is 8.27. The number of benzene rings is 1. The van der Waals surface area contributed by atoms with E-state index in [-0.39, 0.29) is 11.9 Å². The largest absolute Gasteiger partial charge is 0.331 e. The first-order valence-electron chi connectivity index (χ1n) is 8.27. The summed E-state index contributed by atoms with van der Waals surface area (Å²) < 4.78 is 3.37. The summed E-state index contributed by atoms with van der Waals surface area (Å²) in [4.78, 5) is 15.0. The van der Waals surface area contributed by atoms with Gasteiger partial charge in [0.1, 0.15) is 6.33 Å². The molecule has 2 aromatic heterocycles. The fourth-order valence-corrected chi connectivity index (χ4v) is 3.45. The molecule has 0 unspecified atom stereocenters. The van der Waals surface area contributed by atoms with Crippen molar-refractivity contribution < 1.29 is 4.79 Å². The van der Waals surface area contributed by atoms with E-state index >= 15 is 0 Å². The van der Waals surface area contributed by atoms with E-state index in [9.17, 15) is 4.79 Å². The van der Waals surface area contributed by atoms with Crippen molar-refractivity contribution in [2.75, 3.05) is 6.54 Å². The van der Waals surface area contributed by atoms with Crippen LogP contribution >= 0.6 is 0 Å². The lowest BCUT2D eigenvalue weighted by atomic mass is 10.1. The van der Waals surface area contributed by atoms with E-state index < -0.39 is 0 Å². The third-order valence-corrected chi connectivity index (χ3v) is 4.66. The molecule has 1 saturated heterocycles. The Balaban J connectivity index is 1.61. The van der Waals surface area contributed by atoms with Crippen molar-refractivity contribution in [2.45, 2.75) is 25.8 Å². The number of nitrogens with zero attached hydrogens (tertiary/aromatic N) is 7. The van der Waals surface area contributed by atoms with Crippen LogP contribution in [0.1, 0.15) is 40.4 Å². The lowest BCUT2D eigenvalue weighted by Crippen LogP contribution is -2.30. The van der Waals surface area contributed by atoms with Gasteiger partial charge in [0.2, 0.25) is 0 Å². The molecule has 3 heterocycles. The van der Waals surface area contributed by atoms with E-state index in [4.69, 9.17) is 0 Å². The van der Waals surface area contributed by atoms with Crippen LogP contribution < -0.4 is 0 Å². The first-order chi connectivity index (χ1) is 12.1. The lowest BCUT2D eigenvalue weighted by Gasteiger charge is -2.24. The third kappa shape index (κ3) is 2.79. The molecular weight excluding hydrogens is 318 g/mol. The molecule has 0 spiro atoms. The van der Waals surface area contributed by atoms with E-state index in [1.807, 2.05) is 49.5 Å². The van der Waals surface area contributed by atoms with Crippen LogP contribution in [-0.4, -0.2) is 47.3 Å². The van der Waals surface area contributed by atoms with Crippen molar-refractivity contribution in [3.05, 3.63) is 53.6 Å². The zero-order valence-electron chi connectivity index (χ0n) is 14.2. The average Bonchev–Trinajstić information content (AvgIpc) is 3.35. The second-order valence-corrected chi connectivity index (χ2v) is 6.36. The summed E-state index contributed by atoms with van der Waals surface area (Å²) in [7, 11) is 1.89. The SMILES string of the molecule is Cc1cc(C(=O)N2CCC[C@H]2c2cnn(C)c2)ccc1-n1cnnn1. The number of hydrogen-bond acceptors (Lipinski definition) is 5. The summed E-state index contributed by atoms with van der Waals surface area (Å²) >= 11 is 0. The molecule has 0 saturated carbocycles. The van der Waals surface area contributed by atoms with E-state index in [0.717, 1.165) is 36.2 Å². The van der Waals surface area contributed by atoms with Crippen molar-refractivity contribution >= 4 is 5.91 Å². The third-order valence-electron chi connectivity index (χ3n) is 4.66. The number of rotatable bonds is 3. The molecule has 128 valence electrons. The number of amides is 1. The summed E-state index contributed by atoms with van der Waals surface area (Å²) in [6.45, 7) is 2.72. The Bertz CT molecular complexity index is 900. The zero-order chi connectivity index (χ0) is 17.4. The van der Waals surface area contributed by atoms with Gasteiger partial charge in [-0.1, -0.05) is 0 Å². The smallest absolute Gasteiger partial charge is 0.254 e. The molecule has 0 aliphatic carbocycles. The van der Waals surface area contributed by atoms with E-state index in [2.05, 4.69) is 20.6 Å². The van der Waals surface area contributed by atoms with Gasteiger partial charge in [-0.15, -0.1) is 5.10 Å². The first kappa shape index (κ1) is 15.5. The predicted octanol–water partition coefficient (Wildman–Crippen LogP) is 1.68. The molecule has 1 aliphatic heterocycles. The van der Waals surface area contributed by atoms with Crippen molar-refractivity contribution in [1.82, 2.24) is 34.9 Å². The van der Waals surface area contributed by atoms with Crippen LogP contribution in [0.4, 0.5) is 0 Å². The molecule has 1 aromatic carbocycles. The lowest BCUT2D eigenvalue weighted by molar-refractivity contribution is 0.0735. The molecule has 0 radical (unpaired) electrons. The summed E-state index contributed by atoms with van der Waals surface area (Å²) in [5.41, 5.74) is 3.60. The topological polar surface area (TPSA) is 81.7 Å². The van der Waals surface area contributed by atoms with E-state index in [1.165, 1.54) is 0 Å². The maximum absolute atomic E-state index is 13.0. The summed E-state index contributed by atoms with van der Waals surface area (Å²) in [6, 6.07) is 5.72. The van der Waals surface area contributed by atoms with Crippen LogP contribution in [0.15, 0.2) is 36.9 Å². The molecule has 4 rings (SSSR count). The second kappa shape index (κ2) is 6.12. The number of carbonyl (C=O) groups excluding carboxylic acids is 1. The van der Waals surface area contributed by atoms with Crippen LogP contribution in [0.2, 0.25) is 0 Å². The fraction of sp³-hybridized carbons (Fsp3) is 0.353. The highest BCUT2D eigenvalue weighted by Gasteiger charge is 2.31. The van der Waals surface area contributed by atoms with Crippen molar-refractivity contribution in [2.24, 2.45) is 7.05 Å². The molecule has 8 nitrogen and oxygen atoms in total. The maximum Gasteiger partial charge on any atom is 0.254 e. The number of tetrazole rings is 1. The summed E-state index contributed by atoms with van der Waals surface area (Å²) in [6.07, 6.45) is 7.36. The second-order valence-electron chi connectivity index (χ2n) is 6.36. The number of carbonyl (C=O) groups is 1. The monoisotopic (exact) mass is 337 g/mol. The van der Waals surface area contributed by atoms with Gasteiger partial charge in [0, 0.05) is 30.9 Å². The summed E-state index contributed by atoms with van der Waals surface area (Å²) in [5, 5.41) is 15.5. The van der Waals surface area contributed by atoms with Gasteiger partial charge < -0.3 is 4.90 Å². The van der Waals surface area contributed by atoms with E-state index in [1.54, 1.807) is 15.7 Å². The van der Waals surface area contributed by atoms with Gasteiger partial charge in [0.25, 0.3) is 5.91 Å². The highest BCUT2D eigenvalue weighted by molar-refractivity contribution is 5.95. The standard InChI is InChI=1S/C17H19N7O/c1-12-8-13(5-6-15(12)24-11-18-20-21-24)17(25)23-7-3-4-16(23)14-9-19-22(2)10-14/h5-6,8-11,16H,3-4,7H2,1-2H3/t16-/m0/s1. The Morgan fingerprint density at radius 2 is 2.20 bits per heavy atom. The van der Waals surface area contributed by atoms with Crippen molar-refractivity contribution in [3.63, 3.8) is 0 Å². The molecule has 8 heteroatoms. The summed E-state index contributed by atoms with van der Waals surface area (Å²) in [5.74, 6) is 0.0534. The molecule has 0 bridgehead atoms. The minimum absolute atomic E-state index is 0.0534. The number of aryl methyl sites for hydroxylation is 2. The van der Waals surface area contributed by atoms with Crippen LogP contribution in [0.5, 0.6) is 0 Å². The predicted molar refractivity (Wildman–Crippen MR) is 90.1 cm³/mol. The van der Waals surface area contributed by atoms with Gasteiger partial charge in [0.15, 0.2) is 0 Å². The highest BCUT2D eigenvalue weighted by atomic mass is 16.2.